The van der Waals surface area contributed by atoms with Crippen molar-refractivity contribution >= 4 is 30.5 Å². The van der Waals surface area contributed by atoms with Crippen molar-refractivity contribution in [1.82, 2.24) is 14.8 Å². The van der Waals surface area contributed by atoms with Crippen LogP contribution in [0.25, 0.3) is 10.9 Å². The van der Waals surface area contributed by atoms with Crippen molar-refractivity contribution in [3.8, 4) is 0 Å². The van der Waals surface area contributed by atoms with E-state index in [0.717, 1.165) is 42.4 Å². The molecule has 0 spiro atoms. The third kappa shape index (κ3) is 2.92. The van der Waals surface area contributed by atoms with Crippen molar-refractivity contribution in [3.05, 3.63) is 48.2 Å². The van der Waals surface area contributed by atoms with Crippen LogP contribution in [0, 0.1) is 5.92 Å². The molecule has 0 saturated carbocycles. The van der Waals surface area contributed by atoms with Crippen molar-refractivity contribution in [2.45, 2.75) is 31.7 Å². The number of piperidine rings is 1. The molecule has 6 heteroatoms. The van der Waals surface area contributed by atoms with E-state index in [1.54, 1.807) is 4.57 Å². The quantitative estimate of drug-likeness (QED) is 0.672. The summed E-state index contributed by atoms with van der Waals surface area (Å²) in [5.74, 6) is -0.124. The fourth-order valence-electron chi connectivity index (χ4n) is 4.97. The number of likely N-dealkylation sites (tertiary alicyclic amines) is 1. The number of carbonyl (C=O) groups excluding carboxylic acids is 2. The van der Waals surface area contributed by atoms with E-state index >= 15 is 0 Å². The molecule has 1 aromatic heterocycles. The summed E-state index contributed by atoms with van der Waals surface area (Å²) in [7, 11) is 5.58. The predicted octanol–water partition coefficient (Wildman–Crippen LogP) is 2.43. The summed E-state index contributed by atoms with van der Waals surface area (Å²) in [4.78, 5) is 26.8. The van der Waals surface area contributed by atoms with Crippen LogP contribution in [0.2, 0.25) is 0 Å². The minimum Gasteiger partial charge on any atom is -0.356 e. The molecule has 1 aromatic carbocycles. The van der Waals surface area contributed by atoms with E-state index in [9.17, 15) is 9.59 Å². The minimum atomic E-state index is -0.462. The molecule has 2 aliphatic rings. The lowest BCUT2D eigenvalue weighted by molar-refractivity contribution is -0.127. The van der Waals surface area contributed by atoms with Crippen molar-refractivity contribution in [2.24, 2.45) is 5.92 Å². The monoisotopic (exact) mass is 361 g/mol. The van der Waals surface area contributed by atoms with Gasteiger partial charge in [0.15, 0.2) is 5.81 Å². The molecule has 2 aromatic rings. The molecule has 2 radical (unpaired) electrons. The SMILES string of the molecule is [B]C(=O)n1cc2c3c(cccc31)[C@H]1C[C@@H](C(=O)NCC)CN(CC=C)[C@@H]1C2. The third-order valence-electron chi connectivity index (χ3n) is 6.02. The number of amides is 1. The molecule has 3 atom stereocenters. The van der Waals surface area contributed by atoms with Crippen LogP contribution < -0.4 is 5.32 Å². The van der Waals surface area contributed by atoms with Gasteiger partial charge < -0.3 is 5.32 Å². The van der Waals surface area contributed by atoms with Crippen LogP contribution in [-0.4, -0.2) is 54.7 Å². The van der Waals surface area contributed by atoms with E-state index in [1.165, 1.54) is 5.56 Å². The minimum absolute atomic E-state index is 0.0406. The number of nitrogens with one attached hydrogen (secondary N) is 1. The first-order valence-electron chi connectivity index (χ1n) is 9.60. The lowest BCUT2D eigenvalue weighted by Gasteiger charge is -2.46. The maximum Gasteiger partial charge on any atom is 0.224 e. The summed E-state index contributed by atoms with van der Waals surface area (Å²) in [5.41, 5.74) is 3.25. The van der Waals surface area contributed by atoms with Gasteiger partial charge in [0.1, 0.15) is 0 Å². The molecule has 27 heavy (non-hydrogen) atoms. The van der Waals surface area contributed by atoms with Crippen LogP contribution in [-0.2, 0) is 11.2 Å². The Kier molecular flexibility index (Phi) is 4.68. The van der Waals surface area contributed by atoms with Gasteiger partial charge in [-0.05, 0) is 37.0 Å². The Morgan fingerprint density at radius 3 is 2.93 bits per heavy atom. The molecule has 1 saturated heterocycles. The van der Waals surface area contributed by atoms with Gasteiger partial charge in [-0.25, -0.2) is 0 Å². The van der Waals surface area contributed by atoms with Crippen LogP contribution in [0.5, 0.6) is 0 Å². The fraction of sp³-hybridized carbons (Fsp3) is 0.429. The Labute approximate surface area is 160 Å². The molecule has 1 aliphatic carbocycles. The lowest BCUT2D eigenvalue weighted by atomic mass is 9.72. The van der Waals surface area contributed by atoms with Crippen LogP contribution in [0.1, 0.15) is 30.4 Å². The predicted molar refractivity (Wildman–Crippen MR) is 107 cm³/mol. The number of nitrogens with zero attached hydrogens (tertiary/aromatic N) is 2. The van der Waals surface area contributed by atoms with E-state index in [4.69, 9.17) is 7.85 Å². The van der Waals surface area contributed by atoms with E-state index in [-0.39, 0.29) is 17.7 Å². The van der Waals surface area contributed by atoms with Crippen LogP contribution >= 0.6 is 0 Å². The van der Waals surface area contributed by atoms with Gasteiger partial charge in [0.2, 0.25) is 13.8 Å². The van der Waals surface area contributed by atoms with Gasteiger partial charge in [0.05, 0.1) is 11.4 Å². The molecule has 1 amide bonds. The van der Waals surface area contributed by atoms with E-state index < -0.39 is 5.81 Å². The summed E-state index contributed by atoms with van der Waals surface area (Å²) in [6.45, 7) is 7.98. The molecular weight excluding hydrogens is 337 g/mol. The topological polar surface area (TPSA) is 54.3 Å². The zero-order chi connectivity index (χ0) is 19.1. The average Bonchev–Trinajstić information content (AvgIpc) is 3.03. The second-order valence-electron chi connectivity index (χ2n) is 7.55. The first-order chi connectivity index (χ1) is 13.0. The van der Waals surface area contributed by atoms with Crippen LogP contribution in [0.3, 0.4) is 0 Å². The van der Waals surface area contributed by atoms with E-state index in [1.807, 2.05) is 31.3 Å². The molecule has 138 valence electrons. The number of fused-ring (bicyclic) bond motifs is 2. The zero-order valence-corrected chi connectivity index (χ0v) is 15.6. The zero-order valence-electron chi connectivity index (χ0n) is 15.6. The molecular formula is C21H24BN3O2. The number of benzene rings is 1. The molecule has 0 bridgehead atoms. The molecule has 0 unspecified atom stereocenters. The van der Waals surface area contributed by atoms with Gasteiger partial charge >= 0.3 is 0 Å². The third-order valence-corrected chi connectivity index (χ3v) is 6.02. The Hall–Kier alpha value is -2.34. The van der Waals surface area contributed by atoms with Gasteiger partial charge in [-0.2, -0.15) is 0 Å². The Bertz CT molecular complexity index is 920. The standard InChI is InChI=1S/C21H24BN3O2/c1-3-8-24-11-14(20(26)23-4-2)9-16-15-6-5-7-17-19(15)13(10-18(16)24)12-25(17)21(22)27/h3,5-7,12,14,16,18H,1,4,8-11H2,2H3,(H,23,26)/t14-,16-,18-/m1/s1. The van der Waals surface area contributed by atoms with Gasteiger partial charge in [-0.1, -0.05) is 18.2 Å². The van der Waals surface area contributed by atoms with Crippen molar-refractivity contribution in [3.63, 3.8) is 0 Å². The summed E-state index contributed by atoms with van der Waals surface area (Å²) in [6.07, 6.45) is 5.47. The molecule has 4 rings (SSSR count). The van der Waals surface area contributed by atoms with Gasteiger partial charge in [-0.15, -0.1) is 6.58 Å². The second kappa shape index (κ2) is 7.00. The first-order valence-corrected chi connectivity index (χ1v) is 9.60. The molecule has 1 aliphatic heterocycles. The summed E-state index contributed by atoms with van der Waals surface area (Å²) in [6, 6.07) is 6.37. The second-order valence-corrected chi connectivity index (χ2v) is 7.55. The van der Waals surface area contributed by atoms with Gasteiger partial charge in [-0.3, -0.25) is 19.1 Å². The molecule has 2 heterocycles. The number of carbonyl (C=O) groups is 2. The van der Waals surface area contributed by atoms with Gasteiger partial charge in [0.25, 0.3) is 0 Å². The number of hydrogen-bond donors (Lipinski definition) is 1. The fourth-order valence-corrected chi connectivity index (χ4v) is 4.97. The highest BCUT2D eigenvalue weighted by Crippen LogP contribution is 2.45. The van der Waals surface area contributed by atoms with Crippen LogP contribution in [0.4, 0.5) is 4.79 Å². The Morgan fingerprint density at radius 2 is 2.22 bits per heavy atom. The highest BCUT2D eigenvalue weighted by atomic mass is 16.2. The smallest absolute Gasteiger partial charge is 0.224 e. The maximum atomic E-state index is 12.6. The first kappa shape index (κ1) is 18.0. The number of hydrogen-bond acceptors (Lipinski definition) is 3. The Balaban J connectivity index is 1.80. The number of aromatic nitrogens is 1. The van der Waals surface area contributed by atoms with Crippen LogP contribution in [0.15, 0.2) is 37.1 Å². The van der Waals surface area contributed by atoms with Crippen molar-refractivity contribution < 1.29 is 9.59 Å². The van der Waals surface area contributed by atoms with Crippen molar-refractivity contribution in [1.29, 1.82) is 0 Å². The molecule has 1 N–H and O–H groups in total. The van der Waals surface area contributed by atoms with Gasteiger partial charge in [0, 0.05) is 43.2 Å². The molecule has 1 fully saturated rings. The van der Waals surface area contributed by atoms with Crippen molar-refractivity contribution in [2.75, 3.05) is 19.6 Å². The summed E-state index contributed by atoms with van der Waals surface area (Å²) < 4.78 is 1.55. The van der Waals surface area contributed by atoms with E-state index in [0.29, 0.717) is 12.6 Å². The number of rotatable bonds is 4. The largest absolute Gasteiger partial charge is 0.356 e. The normalized spacial score (nSPS) is 24.4. The summed E-state index contributed by atoms with van der Waals surface area (Å²) in [5, 5.41) is 4.11. The lowest BCUT2D eigenvalue weighted by Crippen LogP contribution is -2.53. The average molecular weight is 361 g/mol. The highest BCUT2D eigenvalue weighted by molar-refractivity contribution is 6.58. The summed E-state index contributed by atoms with van der Waals surface area (Å²) >= 11 is 0. The maximum absolute atomic E-state index is 12.6. The Morgan fingerprint density at radius 1 is 1.41 bits per heavy atom. The molecule has 5 nitrogen and oxygen atoms in total. The highest BCUT2D eigenvalue weighted by Gasteiger charge is 2.42. The van der Waals surface area contributed by atoms with E-state index in [2.05, 4.69) is 22.9 Å².